The van der Waals surface area contributed by atoms with Gasteiger partial charge in [0.05, 0.1) is 0 Å². The summed E-state index contributed by atoms with van der Waals surface area (Å²) in [5.74, 6) is 0.355. The Kier molecular flexibility index (Phi) is 4.04. The average molecular weight is 292 g/mol. The van der Waals surface area contributed by atoms with Gasteiger partial charge in [-0.15, -0.1) is 0 Å². The highest BCUT2D eigenvalue weighted by Gasteiger charge is 2.19. The zero-order valence-corrected chi connectivity index (χ0v) is 13.6. The number of rotatable bonds is 4. The average Bonchev–Trinajstić information content (AvgIpc) is 2.79. The Morgan fingerprint density at radius 1 is 1.00 bits per heavy atom. The Labute approximate surface area is 132 Å². The van der Waals surface area contributed by atoms with E-state index in [0.29, 0.717) is 12.5 Å². The van der Waals surface area contributed by atoms with Crippen molar-refractivity contribution >= 4 is 10.9 Å². The van der Waals surface area contributed by atoms with Crippen molar-refractivity contribution < 1.29 is 0 Å². The van der Waals surface area contributed by atoms with E-state index in [2.05, 4.69) is 74.0 Å². The molecule has 0 aliphatic rings. The fourth-order valence-corrected chi connectivity index (χ4v) is 3.38. The molecular formula is C20H24N2. The molecule has 22 heavy (non-hydrogen) atoms. The van der Waals surface area contributed by atoms with Gasteiger partial charge in [0.15, 0.2) is 0 Å². The first-order chi connectivity index (χ1) is 10.6. The molecule has 2 N–H and O–H groups in total. The van der Waals surface area contributed by atoms with E-state index in [9.17, 15) is 0 Å². The summed E-state index contributed by atoms with van der Waals surface area (Å²) in [4.78, 5) is 0. The Morgan fingerprint density at radius 3 is 2.36 bits per heavy atom. The molecule has 114 valence electrons. The minimum Gasteiger partial charge on any atom is -0.348 e. The van der Waals surface area contributed by atoms with Gasteiger partial charge in [-0.25, -0.2) is 0 Å². The first kappa shape index (κ1) is 14.9. The second-order valence-corrected chi connectivity index (χ2v) is 6.20. The number of para-hydroxylation sites is 1. The van der Waals surface area contributed by atoms with E-state index >= 15 is 0 Å². The first-order valence-electron chi connectivity index (χ1n) is 7.91. The number of benzene rings is 2. The van der Waals surface area contributed by atoms with Crippen LogP contribution in [0, 0.1) is 13.8 Å². The predicted molar refractivity (Wildman–Crippen MR) is 94.3 cm³/mol. The van der Waals surface area contributed by atoms with Crippen LogP contribution in [0.5, 0.6) is 0 Å². The van der Waals surface area contributed by atoms with Crippen molar-refractivity contribution in [3.63, 3.8) is 0 Å². The number of hydrogen-bond donors (Lipinski definition) is 1. The van der Waals surface area contributed by atoms with Gasteiger partial charge in [0.1, 0.15) is 0 Å². The maximum Gasteiger partial charge on any atom is 0.0482 e. The minimum atomic E-state index is 0.355. The summed E-state index contributed by atoms with van der Waals surface area (Å²) in [5.41, 5.74) is 12.8. The summed E-state index contributed by atoms with van der Waals surface area (Å²) in [5, 5.41) is 1.34. The third-order valence-electron chi connectivity index (χ3n) is 4.74. The molecular weight excluding hydrogens is 268 g/mol. The lowest BCUT2D eigenvalue weighted by Crippen LogP contribution is -2.16. The van der Waals surface area contributed by atoms with Gasteiger partial charge in [0.2, 0.25) is 0 Å². The van der Waals surface area contributed by atoms with Gasteiger partial charge in [-0.1, -0.05) is 48.0 Å². The van der Waals surface area contributed by atoms with Crippen LogP contribution in [0.1, 0.15) is 28.3 Å². The highest BCUT2D eigenvalue weighted by molar-refractivity contribution is 5.86. The fraction of sp³-hybridized carbons (Fsp3) is 0.300. The molecule has 0 spiro atoms. The number of aryl methyl sites for hydroxylation is 2. The molecule has 3 aromatic rings. The first-order valence-corrected chi connectivity index (χ1v) is 7.91. The Bertz CT molecular complexity index is 781. The van der Waals surface area contributed by atoms with E-state index in [0.717, 1.165) is 6.42 Å². The smallest absolute Gasteiger partial charge is 0.0482 e. The van der Waals surface area contributed by atoms with Crippen LogP contribution >= 0.6 is 0 Å². The summed E-state index contributed by atoms with van der Waals surface area (Å²) in [7, 11) is 2.14. The number of aromatic nitrogens is 1. The molecule has 1 unspecified atom stereocenters. The normalized spacial score (nSPS) is 12.7. The highest BCUT2D eigenvalue weighted by Crippen LogP contribution is 2.32. The molecule has 0 amide bonds. The molecule has 0 saturated heterocycles. The Morgan fingerprint density at radius 2 is 1.68 bits per heavy atom. The Hall–Kier alpha value is -2.06. The van der Waals surface area contributed by atoms with E-state index in [1.54, 1.807) is 0 Å². The predicted octanol–water partition coefficient (Wildman–Crippen LogP) is 4.08. The van der Waals surface area contributed by atoms with Crippen LogP contribution < -0.4 is 5.73 Å². The lowest BCUT2D eigenvalue weighted by Gasteiger charge is -2.16. The van der Waals surface area contributed by atoms with Gasteiger partial charge in [-0.3, -0.25) is 0 Å². The molecule has 0 saturated carbocycles. The largest absolute Gasteiger partial charge is 0.348 e. The van der Waals surface area contributed by atoms with Crippen LogP contribution in [0.3, 0.4) is 0 Å². The molecule has 1 atom stereocenters. The van der Waals surface area contributed by atoms with E-state index in [-0.39, 0.29) is 0 Å². The third-order valence-corrected chi connectivity index (χ3v) is 4.74. The number of nitrogens with two attached hydrogens (primary N) is 1. The highest BCUT2D eigenvalue weighted by atomic mass is 14.9. The van der Waals surface area contributed by atoms with E-state index in [1.165, 1.54) is 33.3 Å². The van der Waals surface area contributed by atoms with Crippen molar-refractivity contribution in [1.29, 1.82) is 0 Å². The zero-order chi connectivity index (χ0) is 15.7. The van der Waals surface area contributed by atoms with E-state index in [4.69, 9.17) is 5.73 Å². The molecule has 2 aromatic carbocycles. The van der Waals surface area contributed by atoms with Gasteiger partial charge in [-0.05, 0) is 44.0 Å². The molecule has 1 heterocycles. The van der Waals surface area contributed by atoms with Crippen molar-refractivity contribution in [3.05, 3.63) is 70.9 Å². The maximum absolute atomic E-state index is 6.14. The van der Waals surface area contributed by atoms with Gasteiger partial charge in [0, 0.05) is 29.6 Å². The molecule has 2 nitrogen and oxygen atoms in total. The maximum atomic E-state index is 6.14. The van der Waals surface area contributed by atoms with E-state index < -0.39 is 0 Å². The van der Waals surface area contributed by atoms with Crippen molar-refractivity contribution in [1.82, 2.24) is 4.57 Å². The molecule has 0 aliphatic heterocycles. The quantitative estimate of drug-likeness (QED) is 0.772. The van der Waals surface area contributed by atoms with Crippen LogP contribution in [0.25, 0.3) is 10.9 Å². The van der Waals surface area contributed by atoms with Crippen LogP contribution in [0.2, 0.25) is 0 Å². The van der Waals surface area contributed by atoms with Crippen LogP contribution in [-0.4, -0.2) is 11.1 Å². The van der Waals surface area contributed by atoms with Gasteiger partial charge in [0.25, 0.3) is 0 Å². The lowest BCUT2D eigenvalue weighted by molar-refractivity contribution is 0.688. The van der Waals surface area contributed by atoms with Crippen LogP contribution in [0.15, 0.2) is 48.5 Å². The molecule has 0 aliphatic carbocycles. The minimum absolute atomic E-state index is 0.355. The van der Waals surface area contributed by atoms with Crippen molar-refractivity contribution in [2.45, 2.75) is 26.2 Å². The van der Waals surface area contributed by atoms with Gasteiger partial charge >= 0.3 is 0 Å². The topological polar surface area (TPSA) is 30.9 Å². The van der Waals surface area contributed by atoms with Crippen LogP contribution in [0.4, 0.5) is 0 Å². The van der Waals surface area contributed by atoms with Crippen molar-refractivity contribution in [2.75, 3.05) is 6.54 Å². The van der Waals surface area contributed by atoms with E-state index in [1.807, 2.05) is 0 Å². The molecule has 0 radical (unpaired) electrons. The monoisotopic (exact) mass is 292 g/mol. The van der Waals surface area contributed by atoms with Crippen LogP contribution in [-0.2, 0) is 13.5 Å². The van der Waals surface area contributed by atoms with Crippen molar-refractivity contribution in [2.24, 2.45) is 12.8 Å². The molecule has 1 aromatic heterocycles. The summed E-state index contributed by atoms with van der Waals surface area (Å²) < 4.78 is 2.28. The van der Waals surface area contributed by atoms with Gasteiger partial charge in [-0.2, -0.15) is 0 Å². The summed E-state index contributed by atoms with van der Waals surface area (Å²) in [6.07, 6.45) is 0.992. The SMILES string of the molecule is Cc1ccc(CC(CN)c2c(C)n(C)c3ccccc23)cc1. The lowest BCUT2D eigenvalue weighted by atomic mass is 9.90. The summed E-state index contributed by atoms with van der Waals surface area (Å²) in [6.45, 7) is 4.99. The number of hydrogen-bond acceptors (Lipinski definition) is 1. The second-order valence-electron chi connectivity index (χ2n) is 6.20. The fourth-order valence-electron chi connectivity index (χ4n) is 3.38. The molecule has 3 rings (SSSR count). The molecule has 0 bridgehead atoms. The Balaban J connectivity index is 2.04. The van der Waals surface area contributed by atoms with Crippen molar-refractivity contribution in [3.8, 4) is 0 Å². The zero-order valence-electron chi connectivity index (χ0n) is 13.6. The standard InChI is InChI=1S/C20H24N2/c1-14-8-10-16(11-9-14)12-17(13-21)20-15(2)22(3)19-7-5-4-6-18(19)20/h4-11,17H,12-13,21H2,1-3H3. The number of fused-ring (bicyclic) bond motifs is 1. The third kappa shape index (κ3) is 2.55. The number of nitrogens with zero attached hydrogens (tertiary/aromatic N) is 1. The molecule has 0 fully saturated rings. The summed E-state index contributed by atoms with van der Waals surface area (Å²) >= 11 is 0. The second kappa shape index (κ2) is 5.98. The summed E-state index contributed by atoms with van der Waals surface area (Å²) in [6, 6.07) is 17.4. The van der Waals surface area contributed by atoms with Gasteiger partial charge < -0.3 is 10.3 Å². The molecule has 2 heteroatoms.